The number of anilines is 1. The van der Waals surface area contributed by atoms with Gasteiger partial charge in [0.05, 0.1) is 5.39 Å². The molecular weight excluding hydrogens is 358 g/mol. The molecule has 1 amide bonds. The van der Waals surface area contributed by atoms with Crippen molar-refractivity contribution in [2.75, 3.05) is 5.32 Å². The number of para-hydroxylation sites is 1. The predicted molar refractivity (Wildman–Crippen MR) is 94.5 cm³/mol. The van der Waals surface area contributed by atoms with Crippen molar-refractivity contribution in [1.82, 2.24) is 0 Å². The van der Waals surface area contributed by atoms with Gasteiger partial charge in [0.15, 0.2) is 5.76 Å². The second-order valence-corrected chi connectivity index (χ2v) is 5.84. The Labute approximate surface area is 141 Å². The topological polar surface area (TPSA) is 59.3 Å². The van der Waals surface area contributed by atoms with Crippen LogP contribution >= 0.6 is 15.9 Å². The third kappa shape index (κ3) is 3.05. The third-order valence-corrected chi connectivity index (χ3v) is 4.21. The number of benzene rings is 2. The van der Waals surface area contributed by atoms with Crippen molar-refractivity contribution in [3.8, 4) is 11.3 Å². The van der Waals surface area contributed by atoms with Gasteiger partial charge in [-0.25, -0.2) is 0 Å². The number of nitrogens with one attached hydrogen (secondary N) is 1. The van der Waals surface area contributed by atoms with Crippen LogP contribution in [-0.4, -0.2) is 5.91 Å². The Morgan fingerprint density at radius 3 is 2.52 bits per heavy atom. The smallest absolute Gasteiger partial charge is 0.224 e. The summed E-state index contributed by atoms with van der Waals surface area (Å²) in [6.07, 6.45) is 0.423. The van der Waals surface area contributed by atoms with Gasteiger partial charge < -0.3 is 9.73 Å². The second kappa shape index (κ2) is 6.38. The number of fused-ring (bicyclic) bond motifs is 1. The summed E-state index contributed by atoms with van der Waals surface area (Å²) in [6, 6.07) is 14.3. The molecule has 3 aromatic rings. The van der Waals surface area contributed by atoms with Crippen LogP contribution in [0.5, 0.6) is 0 Å². The van der Waals surface area contributed by atoms with E-state index in [0.29, 0.717) is 33.3 Å². The third-order valence-electron chi connectivity index (χ3n) is 3.49. The molecule has 0 fully saturated rings. The quantitative estimate of drug-likeness (QED) is 0.733. The van der Waals surface area contributed by atoms with Crippen molar-refractivity contribution in [3.63, 3.8) is 0 Å². The van der Waals surface area contributed by atoms with E-state index in [9.17, 15) is 9.59 Å². The predicted octanol–water partition coefficient (Wildman–Crippen LogP) is 4.57. The average molecular weight is 372 g/mol. The molecule has 0 saturated heterocycles. The number of hydrogen-bond acceptors (Lipinski definition) is 3. The summed E-state index contributed by atoms with van der Waals surface area (Å²) in [7, 11) is 0. The van der Waals surface area contributed by atoms with E-state index >= 15 is 0 Å². The summed E-state index contributed by atoms with van der Waals surface area (Å²) in [5.74, 6) is 0.429. The molecule has 0 unspecified atom stereocenters. The molecule has 116 valence electrons. The van der Waals surface area contributed by atoms with E-state index in [1.54, 1.807) is 37.3 Å². The van der Waals surface area contributed by atoms with E-state index in [2.05, 4.69) is 21.2 Å². The van der Waals surface area contributed by atoms with E-state index in [0.717, 1.165) is 5.56 Å². The fourth-order valence-corrected chi connectivity index (χ4v) is 2.78. The molecular formula is C18H14BrNO3. The summed E-state index contributed by atoms with van der Waals surface area (Å²) in [5, 5.41) is 3.32. The van der Waals surface area contributed by atoms with Crippen LogP contribution in [0.15, 0.2) is 62.2 Å². The van der Waals surface area contributed by atoms with Gasteiger partial charge in [0.1, 0.15) is 10.1 Å². The van der Waals surface area contributed by atoms with E-state index in [-0.39, 0.29) is 11.3 Å². The standard InChI is InChI=1S/C18H14BrNO3/c1-2-15(21)20-12-9-7-11(8-10-12)18-16(19)17(22)13-5-3-4-6-14(13)23-18/h3-10H,2H2,1H3,(H,20,21). The summed E-state index contributed by atoms with van der Waals surface area (Å²) < 4.78 is 6.26. The Bertz CT molecular complexity index is 929. The van der Waals surface area contributed by atoms with Gasteiger partial charge in [0, 0.05) is 17.7 Å². The first-order valence-corrected chi connectivity index (χ1v) is 8.01. The first-order valence-electron chi connectivity index (χ1n) is 7.21. The van der Waals surface area contributed by atoms with Crippen molar-refractivity contribution in [2.24, 2.45) is 0 Å². The van der Waals surface area contributed by atoms with Crippen LogP contribution in [0, 0.1) is 0 Å². The maximum atomic E-state index is 12.4. The normalized spacial score (nSPS) is 10.7. The lowest BCUT2D eigenvalue weighted by Crippen LogP contribution is -2.09. The average Bonchev–Trinajstić information content (AvgIpc) is 2.59. The fourth-order valence-electron chi connectivity index (χ4n) is 2.26. The van der Waals surface area contributed by atoms with Crippen molar-refractivity contribution in [3.05, 3.63) is 63.2 Å². The van der Waals surface area contributed by atoms with Crippen LogP contribution in [0.1, 0.15) is 13.3 Å². The maximum Gasteiger partial charge on any atom is 0.224 e. The summed E-state index contributed by atoms with van der Waals surface area (Å²) in [5.41, 5.74) is 1.90. The highest BCUT2D eigenvalue weighted by Crippen LogP contribution is 2.30. The number of carbonyl (C=O) groups is 1. The van der Waals surface area contributed by atoms with Gasteiger partial charge in [-0.05, 0) is 52.3 Å². The van der Waals surface area contributed by atoms with Gasteiger partial charge in [-0.1, -0.05) is 19.1 Å². The minimum Gasteiger partial charge on any atom is -0.455 e. The molecule has 0 aliphatic rings. The molecule has 1 aromatic heterocycles. The molecule has 5 heteroatoms. The van der Waals surface area contributed by atoms with Crippen LogP contribution < -0.4 is 10.7 Å². The number of carbonyl (C=O) groups excluding carboxylic acids is 1. The molecule has 23 heavy (non-hydrogen) atoms. The molecule has 4 nitrogen and oxygen atoms in total. The second-order valence-electron chi connectivity index (χ2n) is 5.05. The lowest BCUT2D eigenvalue weighted by molar-refractivity contribution is -0.115. The molecule has 0 atom stereocenters. The lowest BCUT2D eigenvalue weighted by Gasteiger charge is -2.08. The number of rotatable bonds is 3. The summed E-state index contributed by atoms with van der Waals surface area (Å²) in [4.78, 5) is 23.8. The Balaban J connectivity index is 2.05. The van der Waals surface area contributed by atoms with Crippen LogP contribution in [0.2, 0.25) is 0 Å². The largest absolute Gasteiger partial charge is 0.455 e. The molecule has 2 aromatic carbocycles. The first kappa shape index (κ1) is 15.5. The van der Waals surface area contributed by atoms with Gasteiger partial charge in [-0.2, -0.15) is 0 Å². The van der Waals surface area contributed by atoms with Gasteiger partial charge in [-0.3, -0.25) is 9.59 Å². The number of hydrogen-bond donors (Lipinski definition) is 1. The molecule has 0 spiro atoms. The van der Waals surface area contributed by atoms with E-state index < -0.39 is 0 Å². The SMILES string of the molecule is CCC(=O)Nc1ccc(-c2oc3ccccc3c(=O)c2Br)cc1. The van der Waals surface area contributed by atoms with E-state index in [1.165, 1.54) is 0 Å². The van der Waals surface area contributed by atoms with E-state index in [4.69, 9.17) is 4.42 Å². The molecule has 0 bridgehead atoms. The molecule has 0 saturated carbocycles. The Morgan fingerprint density at radius 1 is 1.13 bits per heavy atom. The summed E-state index contributed by atoms with van der Waals surface area (Å²) in [6.45, 7) is 1.80. The fraction of sp³-hybridized carbons (Fsp3) is 0.111. The molecule has 0 aliphatic carbocycles. The van der Waals surface area contributed by atoms with Crippen molar-refractivity contribution in [1.29, 1.82) is 0 Å². The van der Waals surface area contributed by atoms with E-state index in [1.807, 2.05) is 18.2 Å². The highest BCUT2D eigenvalue weighted by atomic mass is 79.9. The molecule has 0 radical (unpaired) electrons. The van der Waals surface area contributed by atoms with Crippen LogP contribution in [0.3, 0.4) is 0 Å². The monoisotopic (exact) mass is 371 g/mol. The number of amides is 1. The lowest BCUT2D eigenvalue weighted by atomic mass is 10.1. The van der Waals surface area contributed by atoms with Gasteiger partial charge >= 0.3 is 0 Å². The van der Waals surface area contributed by atoms with Crippen LogP contribution in [0.25, 0.3) is 22.3 Å². The zero-order valence-electron chi connectivity index (χ0n) is 12.4. The highest BCUT2D eigenvalue weighted by molar-refractivity contribution is 9.10. The Hall–Kier alpha value is -2.40. The highest BCUT2D eigenvalue weighted by Gasteiger charge is 2.13. The molecule has 0 aliphatic heterocycles. The van der Waals surface area contributed by atoms with Crippen molar-refractivity contribution < 1.29 is 9.21 Å². The molecule has 1 N–H and O–H groups in total. The minimum absolute atomic E-state index is 0.0452. The zero-order valence-corrected chi connectivity index (χ0v) is 14.0. The first-order chi connectivity index (χ1) is 11.1. The van der Waals surface area contributed by atoms with Crippen molar-refractivity contribution >= 4 is 38.5 Å². The Morgan fingerprint density at radius 2 is 1.83 bits per heavy atom. The zero-order chi connectivity index (χ0) is 16.4. The summed E-state index contributed by atoms with van der Waals surface area (Å²) >= 11 is 3.33. The Kier molecular flexibility index (Phi) is 4.30. The van der Waals surface area contributed by atoms with Gasteiger partial charge in [0.2, 0.25) is 11.3 Å². The van der Waals surface area contributed by atoms with Crippen molar-refractivity contribution in [2.45, 2.75) is 13.3 Å². The molecule has 1 heterocycles. The van der Waals surface area contributed by atoms with Gasteiger partial charge in [-0.15, -0.1) is 0 Å². The minimum atomic E-state index is -0.106. The molecule has 3 rings (SSSR count). The maximum absolute atomic E-state index is 12.4. The van der Waals surface area contributed by atoms with Crippen LogP contribution in [0.4, 0.5) is 5.69 Å². The number of halogens is 1. The van der Waals surface area contributed by atoms with Gasteiger partial charge in [0.25, 0.3) is 0 Å². The van der Waals surface area contributed by atoms with Crippen LogP contribution in [-0.2, 0) is 4.79 Å².